The Morgan fingerprint density at radius 1 is 1.04 bits per heavy atom. The van der Waals surface area contributed by atoms with Crippen LogP contribution in [0, 0.1) is 0 Å². The van der Waals surface area contributed by atoms with Crippen LogP contribution in [0.4, 0.5) is 0 Å². The number of aliphatic hydroxyl groups is 1. The van der Waals surface area contributed by atoms with Crippen molar-refractivity contribution in [2.45, 2.75) is 77.7 Å². The predicted molar refractivity (Wildman–Crippen MR) is 109 cm³/mol. The van der Waals surface area contributed by atoms with Crippen LogP contribution in [-0.2, 0) is 16.1 Å². The molecule has 1 N–H and O–H groups in total. The van der Waals surface area contributed by atoms with E-state index < -0.39 is 5.97 Å². The highest BCUT2D eigenvalue weighted by molar-refractivity contribution is 5.87. The molecule has 0 aliphatic carbocycles. The van der Waals surface area contributed by atoms with Crippen LogP contribution in [0.15, 0.2) is 18.2 Å². The fraction of sp³-hybridized carbons (Fsp3) is 0.636. The molecule has 5 nitrogen and oxygen atoms in total. The van der Waals surface area contributed by atoms with E-state index in [4.69, 9.17) is 4.74 Å². The largest absolute Gasteiger partial charge is 0.491 e. The summed E-state index contributed by atoms with van der Waals surface area (Å²) in [6.45, 7) is 2.71. The lowest BCUT2D eigenvalue weighted by atomic mass is 10.1. The maximum absolute atomic E-state index is 11.3. The second-order valence-electron chi connectivity index (χ2n) is 6.73. The molecule has 0 saturated carbocycles. The Balaban J connectivity index is 2.29. The third-order valence-electron chi connectivity index (χ3n) is 4.44. The predicted octanol–water partition coefficient (Wildman–Crippen LogP) is 5.06. The molecule has 0 aliphatic rings. The summed E-state index contributed by atoms with van der Waals surface area (Å²) in [5.41, 5.74) is 1.06. The van der Waals surface area contributed by atoms with Gasteiger partial charge >= 0.3 is 5.97 Å². The lowest BCUT2D eigenvalue weighted by molar-refractivity contribution is -0.134. The molecule has 0 atom stereocenters. The first-order valence-electron chi connectivity index (χ1n) is 10.2. The SMILES string of the molecule is CCCCCCCCCCCCOc1ccc(CO)nc1/C=C/C(=O)OC. The van der Waals surface area contributed by atoms with E-state index in [0.717, 1.165) is 12.8 Å². The minimum Gasteiger partial charge on any atom is -0.491 e. The average molecular weight is 378 g/mol. The summed E-state index contributed by atoms with van der Waals surface area (Å²) in [6.07, 6.45) is 15.7. The Morgan fingerprint density at radius 3 is 2.26 bits per heavy atom. The quantitative estimate of drug-likeness (QED) is 0.263. The summed E-state index contributed by atoms with van der Waals surface area (Å²) >= 11 is 0. The van der Waals surface area contributed by atoms with Crippen LogP contribution in [0.2, 0.25) is 0 Å². The number of carbonyl (C=O) groups excluding carboxylic acids is 1. The number of aliphatic hydroxyl groups excluding tert-OH is 1. The third kappa shape index (κ3) is 10.8. The Hall–Kier alpha value is -1.88. The number of rotatable bonds is 15. The van der Waals surface area contributed by atoms with Crippen molar-refractivity contribution in [2.24, 2.45) is 0 Å². The number of methoxy groups -OCH3 is 1. The van der Waals surface area contributed by atoms with Gasteiger partial charge in [-0.1, -0.05) is 64.7 Å². The van der Waals surface area contributed by atoms with Gasteiger partial charge in [-0.3, -0.25) is 0 Å². The van der Waals surface area contributed by atoms with Gasteiger partial charge in [0, 0.05) is 6.08 Å². The summed E-state index contributed by atoms with van der Waals surface area (Å²) < 4.78 is 10.4. The molecule has 0 unspecified atom stereocenters. The first-order chi connectivity index (χ1) is 13.2. The van der Waals surface area contributed by atoms with E-state index in [1.54, 1.807) is 18.2 Å². The molecule has 0 aromatic carbocycles. The number of hydrogen-bond acceptors (Lipinski definition) is 5. The van der Waals surface area contributed by atoms with E-state index in [-0.39, 0.29) is 6.61 Å². The number of hydrogen-bond donors (Lipinski definition) is 1. The van der Waals surface area contributed by atoms with E-state index >= 15 is 0 Å². The van der Waals surface area contributed by atoms with Gasteiger partial charge < -0.3 is 14.6 Å². The number of ether oxygens (including phenoxy) is 2. The molecular weight excluding hydrogens is 342 g/mol. The van der Waals surface area contributed by atoms with Crippen molar-refractivity contribution in [3.8, 4) is 5.75 Å². The van der Waals surface area contributed by atoms with E-state index in [2.05, 4.69) is 16.6 Å². The van der Waals surface area contributed by atoms with Crippen LogP contribution >= 0.6 is 0 Å². The fourth-order valence-corrected chi connectivity index (χ4v) is 2.82. The zero-order valence-corrected chi connectivity index (χ0v) is 16.9. The lowest BCUT2D eigenvalue weighted by Gasteiger charge is -2.10. The van der Waals surface area contributed by atoms with Crippen molar-refractivity contribution in [1.82, 2.24) is 4.98 Å². The molecule has 152 valence electrons. The number of pyridine rings is 1. The minimum absolute atomic E-state index is 0.155. The zero-order chi connectivity index (χ0) is 19.7. The van der Waals surface area contributed by atoms with Gasteiger partial charge in [-0.05, 0) is 24.6 Å². The van der Waals surface area contributed by atoms with Gasteiger partial charge in [0.2, 0.25) is 0 Å². The van der Waals surface area contributed by atoms with E-state index in [0.29, 0.717) is 23.7 Å². The highest BCUT2D eigenvalue weighted by Gasteiger charge is 2.06. The van der Waals surface area contributed by atoms with E-state index in [1.807, 2.05) is 0 Å². The topological polar surface area (TPSA) is 68.7 Å². The number of unbranched alkanes of at least 4 members (excludes halogenated alkanes) is 9. The van der Waals surface area contributed by atoms with Gasteiger partial charge in [0.25, 0.3) is 0 Å². The molecule has 1 heterocycles. The number of aromatic nitrogens is 1. The average Bonchev–Trinajstić information content (AvgIpc) is 2.70. The minimum atomic E-state index is -0.452. The molecule has 0 bridgehead atoms. The molecule has 0 spiro atoms. The molecule has 27 heavy (non-hydrogen) atoms. The van der Waals surface area contributed by atoms with Gasteiger partial charge in [-0.25, -0.2) is 9.78 Å². The highest BCUT2D eigenvalue weighted by Crippen LogP contribution is 2.20. The van der Waals surface area contributed by atoms with Crippen LogP contribution in [0.3, 0.4) is 0 Å². The summed E-state index contributed by atoms with van der Waals surface area (Å²) in [4.78, 5) is 15.6. The molecule has 0 aliphatic heterocycles. The van der Waals surface area contributed by atoms with Gasteiger partial charge in [-0.15, -0.1) is 0 Å². The standard InChI is InChI=1S/C22H35NO4/c1-3-4-5-6-7-8-9-10-11-12-17-27-21-15-13-19(18-24)23-20(21)14-16-22(25)26-2/h13-16,24H,3-12,17-18H2,1-2H3/b16-14+. The number of carbonyl (C=O) groups is 1. The van der Waals surface area contributed by atoms with Crippen LogP contribution < -0.4 is 4.74 Å². The molecule has 1 rings (SSSR count). The normalized spacial score (nSPS) is 11.1. The lowest BCUT2D eigenvalue weighted by Crippen LogP contribution is -2.02. The second-order valence-corrected chi connectivity index (χ2v) is 6.73. The van der Waals surface area contributed by atoms with Gasteiger partial charge in [0.05, 0.1) is 26.0 Å². The van der Waals surface area contributed by atoms with Gasteiger partial charge in [0.1, 0.15) is 11.4 Å². The van der Waals surface area contributed by atoms with E-state index in [1.165, 1.54) is 64.6 Å². The Kier molecular flexibility index (Phi) is 13.0. The second kappa shape index (κ2) is 15.2. The molecule has 1 aromatic rings. The molecule has 0 amide bonds. The summed E-state index contributed by atoms with van der Waals surface area (Å²) in [5.74, 6) is 0.162. The first-order valence-corrected chi connectivity index (χ1v) is 10.2. The highest BCUT2D eigenvalue weighted by atomic mass is 16.5. The summed E-state index contributed by atoms with van der Waals surface area (Å²) in [5, 5.41) is 9.23. The molecule has 0 radical (unpaired) electrons. The number of esters is 1. The Bertz CT molecular complexity index is 557. The molecule has 5 heteroatoms. The molecular formula is C22H35NO4. The fourth-order valence-electron chi connectivity index (χ4n) is 2.82. The van der Waals surface area contributed by atoms with Gasteiger partial charge in [0.15, 0.2) is 0 Å². The first kappa shape index (κ1) is 23.2. The zero-order valence-electron chi connectivity index (χ0n) is 16.9. The summed E-state index contributed by atoms with van der Waals surface area (Å²) in [7, 11) is 1.33. The third-order valence-corrected chi connectivity index (χ3v) is 4.44. The smallest absolute Gasteiger partial charge is 0.330 e. The van der Waals surface area contributed by atoms with Crippen molar-refractivity contribution in [3.63, 3.8) is 0 Å². The van der Waals surface area contributed by atoms with Crippen molar-refractivity contribution in [2.75, 3.05) is 13.7 Å². The summed E-state index contributed by atoms with van der Waals surface area (Å²) in [6, 6.07) is 3.51. The van der Waals surface area contributed by atoms with Crippen LogP contribution in [0.1, 0.15) is 82.5 Å². The maximum atomic E-state index is 11.3. The van der Waals surface area contributed by atoms with Crippen molar-refractivity contribution < 1.29 is 19.4 Å². The van der Waals surface area contributed by atoms with Crippen LogP contribution in [0.25, 0.3) is 6.08 Å². The van der Waals surface area contributed by atoms with Crippen molar-refractivity contribution in [3.05, 3.63) is 29.6 Å². The Labute approximate surface area is 163 Å². The van der Waals surface area contributed by atoms with Gasteiger partial charge in [-0.2, -0.15) is 0 Å². The maximum Gasteiger partial charge on any atom is 0.330 e. The molecule has 1 aromatic heterocycles. The van der Waals surface area contributed by atoms with Crippen LogP contribution in [-0.4, -0.2) is 29.8 Å². The molecule has 0 fully saturated rings. The van der Waals surface area contributed by atoms with Crippen LogP contribution in [0.5, 0.6) is 5.75 Å². The number of nitrogens with zero attached hydrogens (tertiary/aromatic N) is 1. The Morgan fingerprint density at radius 2 is 1.67 bits per heavy atom. The molecule has 0 saturated heterocycles. The van der Waals surface area contributed by atoms with Crippen molar-refractivity contribution >= 4 is 12.0 Å². The van der Waals surface area contributed by atoms with E-state index in [9.17, 15) is 9.90 Å². The van der Waals surface area contributed by atoms with Crippen molar-refractivity contribution in [1.29, 1.82) is 0 Å². The monoisotopic (exact) mass is 377 g/mol.